The van der Waals surface area contributed by atoms with Gasteiger partial charge in [-0.25, -0.2) is 4.98 Å². The maximum absolute atomic E-state index is 12.7. The molecule has 1 aliphatic heterocycles. The lowest BCUT2D eigenvalue weighted by atomic mass is 9.93. The van der Waals surface area contributed by atoms with Gasteiger partial charge < -0.3 is 25.2 Å². The van der Waals surface area contributed by atoms with E-state index in [2.05, 4.69) is 30.7 Å². The zero-order valence-corrected chi connectivity index (χ0v) is 22.7. The number of carbonyl (C=O) groups is 1. The van der Waals surface area contributed by atoms with E-state index in [1.807, 2.05) is 74.5 Å². The van der Waals surface area contributed by atoms with Crippen LogP contribution in [0, 0.1) is 0 Å². The number of nitrogens with zero attached hydrogens (tertiary/aromatic N) is 6. The summed E-state index contributed by atoms with van der Waals surface area (Å²) in [6.07, 6.45) is 3.24. The van der Waals surface area contributed by atoms with Crippen molar-refractivity contribution < 1.29 is 14.4 Å². The summed E-state index contributed by atoms with van der Waals surface area (Å²) in [5.41, 5.74) is 3.78. The van der Waals surface area contributed by atoms with Gasteiger partial charge in [-0.3, -0.25) is 9.78 Å². The van der Waals surface area contributed by atoms with Gasteiger partial charge in [0, 0.05) is 30.7 Å². The molecule has 1 amide bonds. The van der Waals surface area contributed by atoms with Crippen molar-refractivity contribution in [2.24, 2.45) is 0 Å². The molecule has 0 spiro atoms. The van der Waals surface area contributed by atoms with Crippen LogP contribution < -0.4 is 10.6 Å². The minimum Gasteiger partial charge on any atom is -0.394 e. The van der Waals surface area contributed by atoms with Crippen molar-refractivity contribution in [1.82, 2.24) is 30.0 Å². The van der Waals surface area contributed by atoms with Crippen LogP contribution >= 0.6 is 0 Å². The fourth-order valence-electron chi connectivity index (χ4n) is 4.78. The summed E-state index contributed by atoms with van der Waals surface area (Å²) >= 11 is 0. The van der Waals surface area contributed by atoms with Crippen molar-refractivity contribution in [2.75, 3.05) is 24.3 Å². The van der Waals surface area contributed by atoms with Gasteiger partial charge in [-0.2, -0.15) is 9.97 Å². The summed E-state index contributed by atoms with van der Waals surface area (Å²) in [5.74, 6) is 1.21. The molecule has 1 aliphatic rings. The van der Waals surface area contributed by atoms with Crippen LogP contribution in [0.3, 0.4) is 0 Å². The van der Waals surface area contributed by atoms with Crippen LogP contribution in [0.4, 0.5) is 17.5 Å². The Kier molecular flexibility index (Phi) is 6.64. The number of anilines is 3. The maximum Gasteiger partial charge on any atom is 0.263 e. The molecule has 6 rings (SSSR count). The van der Waals surface area contributed by atoms with Gasteiger partial charge in [0.1, 0.15) is 17.1 Å². The van der Waals surface area contributed by atoms with Gasteiger partial charge in [0.25, 0.3) is 11.8 Å². The Hall–Kier alpha value is -5.16. The summed E-state index contributed by atoms with van der Waals surface area (Å²) in [6.45, 7) is 3.84. The highest BCUT2D eigenvalue weighted by molar-refractivity contribution is 6.00. The first-order valence-corrected chi connectivity index (χ1v) is 13.1. The van der Waals surface area contributed by atoms with Crippen LogP contribution in [0.1, 0.15) is 41.4 Å². The number of hydrogen-bond donors (Lipinski definition) is 3. The Morgan fingerprint density at radius 2 is 1.80 bits per heavy atom. The first-order chi connectivity index (χ1) is 19.8. The van der Waals surface area contributed by atoms with Crippen molar-refractivity contribution in [3.05, 3.63) is 95.8 Å². The second-order valence-corrected chi connectivity index (χ2v) is 10.2. The highest BCUT2D eigenvalue weighted by atomic mass is 16.5. The minimum absolute atomic E-state index is 0.00998. The molecule has 3 N–H and O–H groups in total. The average Bonchev–Trinajstić information content (AvgIpc) is 3.55. The third-order valence-electron chi connectivity index (χ3n) is 7.34. The van der Waals surface area contributed by atoms with Gasteiger partial charge in [0.15, 0.2) is 0 Å². The van der Waals surface area contributed by atoms with E-state index in [1.54, 1.807) is 30.4 Å². The zero-order valence-electron chi connectivity index (χ0n) is 22.7. The SMILES string of the molecule is CN1C(=O)c2ccc(Nc3ncc(-c4nc(-c5ccccn5)no4)c(N[C@H](CO)c4ccccc4)n3)cc2C1(C)C. The summed E-state index contributed by atoms with van der Waals surface area (Å²) in [4.78, 5) is 32.5. The lowest BCUT2D eigenvalue weighted by Crippen LogP contribution is -2.35. The predicted molar refractivity (Wildman–Crippen MR) is 153 cm³/mol. The van der Waals surface area contributed by atoms with Crippen LogP contribution in [-0.2, 0) is 5.54 Å². The predicted octanol–water partition coefficient (Wildman–Crippen LogP) is 4.80. The molecule has 0 saturated carbocycles. The number of carbonyl (C=O) groups excluding carboxylic acids is 1. The minimum atomic E-state index is -0.460. The van der Waals surface area contributed by atoms with Crippen molar-refractivity contribution in [3.8, 4) is 23.0 Å². The summed E-state index contributed by atoms with van der Waals surface area (Å²) in [7, 11) is 1.80. The van der Waals surface area contributed by atoms with Gasteiger partial charge in [-0.15, -0.1) is 0 Å². The standard InChI is InChI=1S/C30H28N8O3/c1-30(2)22-15-19(12-13-20(22)28(40)38(30)3)33-29-32-16-21(27-35-26(37-41-27)23-11-7-8-14-31-23)25(36-29)34-24(17-39)18-9-5-4-6-10-18/h4-16,24,39H,17H2,1-3H3,(H2,32,33,34,36)/t24-/m1/s1. The highest BCUT2D eigenvalue weighted by Gasteiger charge is 2.40. The van der Waals surface area contributed by atoms with E-state index in [0.717, 1.165) is 16.8 Å². The number of aromatic nitrogens is 5. The normalized spacial score (nSPS) is 14.5. The van der Waals surface area contributed by atoms with Gasteiger partial charge in [-0.05, 0) is 55.3 Å². The van der Waals surface area contributed by atoms with E-state index in [1.165, 1.54) is 0 Å². The number of aliphatic hydroxyl groups is 1. The summed E-state index contributed by atoms with van der Waals surface area (Å²) in [6, 6.07) is 20.1. The zero-order chi connectivity index (χ0) is 28.6. The van der Waals surface area contributed by atoms with E-state index < -0.39 is 11.6 Å². The topological polar surface area (TPSA) is 142 Å². The molecule has 0 radical (unpaired) electrons. The number of fused-ring (bicyclic) bond motifs is 1. The number of nitrogens with one attached hydrogen (secondary N) is 2. The maximum atomic E-state index is 12.7. The molecule has 3 aromatic heterocycles. The van der Waals surface area contributed by atoms with E-state index in [-0.39, 0.29) is 18.4 Å². The number of amides is 1. The molecule has 4 heterocycles. The second-order valence-electron chi connectivity index (χ2n) is 10.2. The van der Waals surface area contributed by atoms with Crippen LogP contribution in [0.15, 0.2) is 83.6 Å². The molecular weight excluding hydrogens is 520 g/mol. The molecule has 0 saturated heterocycles. The molecule has 11 nitrogen and oxygen atoms in total. The number of benzene rings is 2. The van der Waals surface area contributed by atoms with Crippen LogP contribution in [0.5, 0.6) is 0 Å². The van der Waals surface area contributed by atoms with Crippen molar-refractivity contribution in [1.29, 1.82) is 0 Å². The number of rotatable bonds is 8. The molecule has 0 fully saturated rings. The van der Waals surface area contributed by atoms with Crippen LogP contribution in [-0.4, -0.2) is 54.7 Å². The quantitative estimate of drug-likeness (QED) is 0.247. The lowest BCUT2D eigenvalue weighted by molar-refractivity contribution is 0.0691. The fraction of sp³-hybridized carbons (Fsp3) is 0.200. The average molecular weight is 549 g/mol. The van der Waals surface area contributed by atoms with Gasteiger partial charge in [0.05, 0.1) is 18.2 Å². The van der Waals surface area contributed by atoms with Crippen LogP contribution in [0.25, 0.3) is 23.0 Å². The third-order valence-corrected chi connectivity index (χ3v) is 7.34. The number of pyridine rings is 1. The molecular formula is C30H28N8O3. The Bertz CT molecular complexity index is 1710. The molecule has 0 unspecified atom stereocenters. The molecule has 41 heavy (non-hydrogen) atoms. The van der Waals surface area contributed by atoms with Crippen molar-refractivity contribution >= 4 is 23.4 Å². The Morgan fingerprint density at radius 3 is 2.56 bits per heavy atom. The van der Waals surface area contributed by atoms with E-state index in [0.29, 0.717) is 34.4 Å². The molecule has 2 aromatic carbocycles. The lowest BCUT2D eigenvalue weighted by Gasteiger charge is -2.28. The first-order valence-electron chi connectivity index (χ1n) is 13.1. The molecule has 11 heteroatoms. The smallest absolute Gasteiger partial charge is 0.263 e. The molecule has 206 valence electrons. The third kappa shape index (κ3) is 4.87. The monoisotopic (exact) mass is 548 g/mol. The van der Waals surface area contributed by atoms with E-state index in [4.69, 9.17) is 9.51 Å². The van der Waals surface area contributed by atoms with Crippen LogP contribution in [0.2, 0.25) is 0 Å². The fourth-order valence-corrected chi connectivity index (χ4v) is 4.78. The molecule has 1 atom stereocenters. The van der Waals surface area contributed by atoms with Crippen molar-refractivity contribution in [2.45, 2.75) is 25.4 Å². The highest BCUT2D eigenvalue weighted by Crippen LogP contribution is 2.39. The van der Waals surface area contributed by atoms with E-state index in [9.17, 15) is 9.90 Å². The molecule has 5 aromatic rings. The summed E-state index contributed by atoms with van der Waals surface area (Å²) in [5, 5.41) is 20.9. The number of hydrogen-bond acceptors (Lipinski definition) is 10. The largest absolute Gasteiger partial charge is 0.394 e. The van der Waals surface area contributed by atoms with E-state index >= 15 is 0 Å². The Balaban J connectivity index is 1.36. The van der Waals surface area contributed by atoms with Gasteiger partial charge >= 0.3 is 0 Å². The Labute approximate surface area is 236 Å². The Morgan fingerprint density at radius 1 is 1.00 bits per heavy atom. The van der Waals surface area contributed by atoms with Crippen molar-refractivity contribution in [3.63, 3.8) is 0 Å². The summed E-state index contributed by atoms with van der Waals surface area (Å²) < 4.78 is 5.58. The number of aliphatic hydroxyl groups excluding tert-OH is 1. The van der Waals surface area contributed by atoms with Gasteiger partial charge in [0.2, 0.25) is 11.8 Å². The first kappa shape index (κ1) is 26.1. The van der Waals surface area contributed by atoms with Gasteiger partial charge in [-0.1, -0.05) is 41.6 Å². The second kappa shape index (κ2) is 10.4. The molecule has 0 aliphatic carbocycles. The molecule has 0 bridgehead atoms.